The van der Waals surface area contributed by atoms with E-state index in [-0.39, 0.29) is 23.2 Å². The SMILES string of the molecule is Cc1c(-c2cc3cc(NC(=O)O[C@H]4CC[C@](C)(O)C4)ncc3c(N)c2F)cnc2c1NCCO2. The number of nitrogen functional groups attached to an aromatic ring is 1. The number of ether oxygens (including phenoxy) is 2. The Kier molecular flexibility index (Phi) is 5.40. The van der Waals surface area contributed by atoms with Gasteiger partial charge in [-0.2, -0.15) is 0 Å². The van der Waals surface area contributed by atoms with E-state index in [9.17, 15) is 9.90 Å². The minimum Gasteiger partial charge on any atom is -0.474 e. The van der Waals surface area contributed by atoms with Crippen LogP contribution in [0.1, 0.15) is 31.7 Å². The largest absolute Gasteiger partial charge is 0.474 e. The molecule has 9 nitrogen and oxygen atoms in total. The van der Waals surface area contributed by atoms with Crippen LogP contribution in [-0.2, 0) is 4.74 Å². The van der Waals surface area contributed by atoms with Crippen molar-refractivity contribution in [1.82, 2.24) is 9.97 Å². The lowest BCUT2D eigenvalue weighted by Gasteiger charge is -2.22. The summed E-state index contributed by atoms with van der Waals surface area (Å²) < 4.78 is 26.3. The second kappa shape index (κ2) is 8.28. The number of aliphatic hydroxyl groups is 1. The smallest absolute Gasteiger partial charge is 0.413 e. The Balaban J connectivity index is 1.45. The molecule has 0 saturated heterocycles. The molecule has 34 heavy (non-hydrogen) atoms. The lowest BCUT2D eigenvalue weighted by atomic mass is 9.97. The fourth-order valence-corrected chi connectivity index (χ4v) is 4.61. The Morgan fingerprint density at radius 1 is 1.35 bits per heavy atom. The Labute approximate surface area is 195 Å². The van der Waals surface area contributed by atoms with Gasteiger partial charge in [0, 0.05) is 41.9 Å². The molecule has 1 fully saturated rings. The molecular weight excluding hydrogens is 441 g/mol. The van der Waals surface area contributed by atoms with Crippen molar-refractivity contribution in [2.75, 3.05) is 29.5 Å². The van der Waals surface area contributed by atoms with Gasteiger partial charge in [-0.1, -0.05) is 0 Å². The number of rotatable bonds is 3. The van der Waals surface area contributed by atoms with E-state index in [1.165, 1.54) is 6.20 Å². The summed E-state index contributed by atoms with van der Waals surface area (Å²) in [6.07, 6.45) is 3.53. The Hall–Kier alpha value is -3.66. The predicted molar refractivity (Wildman–Crippen MR) is 126 cm³/mol. The average Bonchev–Trinajstić information content (AvgIpc) is 3.14. The molecule has 0 spiro atoms. The van der Waals surface area contributed by atoms with Crippen molar-refractivity contribution in [2.45, 2.75) is 44.8 Å². The number of carbonyl (C=O) groups excluding carboxylic acids is 1. The fourth-order valence-electron chi connectivity index (χ4n) is 4.61. The molecule has 1 aromatic carbocycles. The first kappa shape index (κ1) is 22.1. The van der Waals surface area contributed by atoms with Crippen LogP contribution in [-0.4, -0.2) is 46.0 Å². The molecule has 3 aromatic rings. The van der Waals surface area contributed by atoms with Crippen LogP contribution in [0.25, 0.3) is 21.9 Å². The minimum absolute atomic E-state index is 0.0383. The van der Waals surface area contributed by atoms with Crippen LogP contribution in [0.15, 0.2) is 24.5 Å². The maximum absolute atomic E-state index is 15.3. The molecule has 0 unspecified atom stereocenters. The van der Waals surface area contributed by atoms with Crippen LogP contribution in [0.5, 0.6) is 5.88 Å². The van der Waals surface area contributed by atoms with Crippen molar-refractivity contribution in [2.24, 2.45) is 0 Å². The lowest BCUT2D eigenvalue weighted by Crippen LogP contribution is -2.24. The number of fused-ring (bicyclic) bond motifs is 2. The summed E-state index contributed by atoms with van der Waals surface area (Å²) in [6, 6.07) is 3.27. The molecule has 2 aromatic heterocycles. The number of nitrogens with zero attached hydrogens (tertiary/aromatic N) is 2. The Bertz CT molecular complexity index is 1300. The number of anilines is 3. The third-order valence-electron chi connectivity index (χ3n) is 6.41. The quantitative estimate of drug-likeness (QED) is 0.425. The van der Waals surface area contributed by atoms with E-state index >= 15 is 4.39 Å². The van der Waals surface area contributed by atoms with Gasteiger partial charge in [-0.3, -0.25) is 5.32 Å². The Morgan fingerprint density at radius 2 is 2.18 bits per heavy atom. The number of pyridine rings is 2. The highest BCUT2D eigenvalue weighted by atomic mass is 19.1. The number of hydrogen-bond donors (Lipinski definition) is 4. The van der Waals surface area contributed by atoms with Gasteiger partial charge in [0.25, 0.3) is 0 Å². The number of carbonyl (C=O) groups is 1. The van der Waals surface area contributed by atoms with Gasteiger partial charge in [-0.05, 0) is 49.8 Å². The number of benzene rings is 1. The molecule has 0 bridgehead atoms. The van der Waals surface area contributed by atoms with Crippen LogP contribution in [0, 0.1) is 12.7 Å². The van der Waals surface area contributed by atoms with Crippen molar-refractivity contribution in [1.29, 1.82) is 0 Å². The van der Waals surface area contributed by atoms with Gasteiger partial charge in [-0.25, -0.2) is 19.2 Å². The molecular formula is C24H26FN5O4. The van der Waals surface area contributed by atoms with Crippen LogP contribution < -0.4 is 21.1 Å². The predicted octanol–water partition coefficient (Wildman–Crippen LogP) is 3.98. The van der Waals surface area contributed by atoms with E-state index in [1.807, 2.05) is 6.92 Å². The van der Waals surface area contributed by atoms with Gasteiger partial charge < -0.3 is 25.6 Å². The van der Waals surface area contributed by atoms with Gasteiger partial charge in [0.1, 0.15) is 24.2 Å². The number of hydrogen-bond acceptors (Lipinski definition) is 8. The molecule has 5 N–H and O–H groups in total. The normalized spacial score (nSPS) is 21.5. The summed E-state index contributed by atoms with van der Waals surface area (Å²) in [5.74, 6) is 0.165. The van der Waals surface area contributed by atoms with E-state index in [4.69, 9.17) is 15.2 Å². The van der Waals surface area contributed by atoms with Crippen molar-refractivity contribution in [3.63, 3.8) is 0 Å². The highest BCUT2D eigenvalue weighted by Crippen LogP contribution is 2.39. The van der Waals surface area contributed by atoms with E-state index in [1.54, 1.807) is 25.3 Å². The highest BCUT2D eigenvalue weighted by Gasteiger charge is 2.35. The third kappa shape index (κ3) is 4.05. The number of aromatic nitrogens is 2. The fraction of sp³-hybridized carbons (Fsp3) is 0.375. The first-order valence-corrected chi connectivity index (χ1v) is 11.2. The van der Waals surface area contributed by atoms with Crippen LogP contribution in [0.2, 0.25) is 0 Å². The average molecular weight is 468 g/mol. The van der Waals surface area contributed by atoms with Crippen molar-refractivity contribution >= 4 is 34.1 Å². The first-order valence-electron chi connectivity index (χ1n) is 11.2. The summed E-state index contributed by atoms with van der Waals surface area (Å²) >= 11 is 0. The van der Waals surface area contributed by atoms with Gasteiger partial charge in [0.2, 0.25) is 5.88 Å². The molecule has 2 atom stereocenters. The topological polar surface area (TPSA) is 132 Å². The molecule has 1 amide bonds. The molecule has 1 aliphatic heterocycles. The van der Waals surface area contributed by atoms with Crippen molar-refractivity contribution in [3.05, 3.63) is 35.9 Å². The van der Waals surface area contributed by atoms with Gasteiger partial charge in [0.15, 0.2) is 5.82 Å². The monoisotopic (exact) mass is 467 g/mol. The van der Waals surface area contributed by atoms with Gasteiger partial charge >= 0.3 is 6.09 Å². The molecule has 5 rings (SSSR count). The second-order valence-corrected chi connectivity index (χ2v) is 9.09. The summed E-state index contributed by atoms with van der Waals surface area (Å²) in [7, 11) is 0. The number of nitrogens with two attached hydrogens (primary N) is 1. The van der Waals surface area contributed by atoms with E-state index in [2.05, 4.69) is 20.6 Å². The van der Waals surface area contributed by atoms with Gasteiger partial charge in [-0.15, -0.1) is 0 Å². The van der Waals surface area contributed by atoms with Gasteiger partial charge in [0.05, 0.1) is 11.3 Å². The summed E-state index contributed by atoms with van der Waals surface area (Å²) in [4.78, 5) is 20.8. The summed E-state index contributed by atoms with van der Waals surface area (Å²) in [6.45, 7) is 4.74. The summed E-state index contributed by atoms with van der Waals surface area (Å²) in [5.41, 5.74) is 7.66. The lowest BCUT2D eigenvalue weighted by molar-refractivity contribution is 0.0453. The third-order valence-corrected chi connectivity index (χ3v) is 6.41. The van der Waals surface area contributed by atoms with E-state index in [0.29, 0.717) is 54.6 Å². The maximum Gasteiger partial charge on any atom is 0.413 e. The maximum atomic E-state index is 15.3. The zero-order chi connectivity index (χ0) is 24.0. The van der Waals surface area contributed by atoms with Crippen molar-refractivity contribution in [3.8, 4) is 17.0 Å². The molecule has 1 saturated carbocycles. The molecule has 3 heterocycles. The molecule has 10 heteroatoms. The van der Waals surface area contributed by atoms with E-state index < -0.39 is 17.5 Å². The standard InChI is InChI=1S/C24H26FN5O4/c1-12-16(10-29-22-21(12)27-5-6-33-22)15-7-13-8-18(28-11-17(13)20(26)19(15)25)30-23(31)34-14-3-4-24(2,32)9-14/h7-8,10-11,14,27,32H,3-6,9,26H2,1-2H3,(H,28,30,31)/t14-,24-/m0/s1. The minimum atomic E-state index is -0.824. The second-order valence-electron chi connectivity index (χ2n) is 9.09. The zero-order valence-electron chi connectivity index (χ0n) is 18.9. The van der Waals surface area contributed by atoms with Crippen LogP contribution in [0.3, 0.4) is 0 Å². The zero-order valence-corrected chi connectivity index (χ0v) is 18.9. The molecule has 2 aliphatic rings. The molecule has 178 valence electrons. The van der Waals surface area contributed by atoms with Crippen LogP contribution >= 0.6 is 0 Å². The molecule has 1 aliphatic carbocycles. The van der Waals surface area contributed by atoms with E-state index in [0.717, 1.165) is 11.3 Å². The number of halogens is 1. The first-order chi connectivity index (χ1) is 16.2. The number of nitrogens with one attached hydrogen (secondary N) is 2. The number of amides is 1. The molecule has 0 radical (unpaired) electrons. The Morgan fingerprint density at radius 3 is 2.94 bits per heavy atom. The summed E-state index contributed by atoms with van der Waals surface area (Å²) in [5, 5.41) is 16.9. The van der Waals surface area contributed by atoms with Crippen LogP contribution in [0.4, 0.5) is 26.4 Å². The highest BCUT2D eigenvalue weighted by molar-refractivity contribution is 5.99. The van der Waals surface area contributed by atoms with Crippen molar-refractivity contribution < 1.29 is 23.8 Å².